The normalized spacial score (nSPS) is 9.83. The van der Waals surface area contributed by atoms with Crippen molar-refractivity contribution in [3.63, 3.8) is 0 Å². The molecule has 2 heteroatoms. The molecule has 2 nitrogen and oxygen atoms in total. The molecule has 1 aromatic rings. The molecule has 0 bridgehead atoms. The fourth-order valence-electron chi connectivity index (χ4n) is 1.18. The first-order chi connectivity index (χ1) is 5.88. The van der Waals surface area contributed by atoms with Crippen LogP contribution in [-0.4, -0.2) is 13.1 Å². The Kier molecular flexibility index (Phi) is 3.61. The van der Waals surface area contributed by atoms with Crippen molar-refractivity contribution in [3.8, 4) is 0 Å². The summed E-state index contributed by atoms with van der Waals surface area (Å²) in [7, 11) is 0. The molecular weight excluding hydrogens is 148 g/mol. The van der Waals surface area contributed by atoms with E-state index in [-0.39, 0.29) is 0 Å². The smallest absolute Gasteiger partial charge is 0.0519 e. The van der Waals surface area contributed by atoms with Gasteiger partial charge in [0.1, 0.15) is 0 Å². The minimum atomic E-state index is 0.961. The van der Waals surface area contributed by atoms with Gasteiger partial charge in [0.25, 0.3) is 0 Å². The zero-order chi connectivity index (χ0) is 8.81. The number of anilines is 1. The van der Waals surface area contributed by atoms with Crippen LogP contribution in [0.1, 0.15) is 13.8 Å². The highest BCUT2D eigenvalue weighted by atomic mass is 15.5. The molecular formula is C10H16N2. The molecule has 0 saturated carbocycles. The summed E-state index contributed by atoms with van der Waals surface area (Å²) in [5.74, 6) is 0. The number of para-hydroxylation sites is 1. The number of nitrogens with one attached hydrogen (secondary N) is 1. The van der Waals surface area contributed by atoms with Crippen LogP contribution in [-0.2, 0) is 0 Å². The molecule has 66 valence electrons. The second kappa shape index (κ2) is 4.78. The molecule has 0 fully saturated rings. The van der Waals surface area contributed by atoms with Crippen LogP contribution in [0.3, 0.4) is 0 Å². The van der Waals surface area contributed by atoms with Crippen molar-refractivity contribution in [1.29, 1.82) is 0 Å². The van der Waals surface area contributed by atoms with Gasteiger partial charge in [0.2, 0.25) is 0 Å². The van der Waals surface area contributed by atoms with Crippen molar-refractivity contribution in [2.75, 3.05) is 18.1 Å². The Labute approximate surface area is 74.2 Å². The molecule has 0 unspecified atom stereocenters. The third-order valence-electron chi connectivity index (χ3n) is 1.73. The lowest BCUT2D eigenvalue weighted by Crippen LogP contribution is -2.37. The fourth-order valence-corrected chi connectivity index (χ4v) is 1.18. The molecule has 0 radical (unpaired) electrons. The van der Waals surface area contributed by atoms with Gasteiger partial charge in [0.05, 0.1) is 5.69 Å². The minimum Gasteiger partial charge on any atom is -0.309 e. The van der Waals surface area contributed by atoms with Gasteiger partial charge in [-0.25, -0.2) is 5.43 Å². The molecule has 0 saturated heterocycles. The first-order valence-corrected chi connectivity index (χ1v) is 4.44. The number of hydrogen-bond acceptors (Lipinski definition) is 2. The number of hydrazine groups is 1. The van der Waals surface area contributed by atoms with E-state index < -0.39 is 0 Å². The lowest BCUT2D eigenvalue weighted by molar-refractivity contribution is 0.664. The summed E-state index contributed by atoms with van der Waals surface area (Å²) in [6, 6.07) is 10.3. The summed E-state index contributed by atoms with van der Waals surface area (Å²) in [6.07, 6.45) is 0. The Morgan fingerprint density at radius 1 is 1.17 bits per heavy atom. The van der Waals surface area contributed by atoms with E-state index in [2.05, 4.69) is 48.5 Å². The molecule has 0 amide bonds. The Hall–Kier alpha value is -1.02. The number of benzene rings is 1. The highest BCUT2D eigenvalue weighted by molar-refractivity contribution is 5.44. The van der Waals surface area contributed by atoms with E-state index in [0.29, 0.717) is 0 Å². The van der Waals surface area contributed by atoms with Gasteiger partial charge in [-0.05, 0) is 19.1 Å². The Morgan fingerprint density at radius 2 is 1.83 bits per heavy atom. The molecule has 12 heavy (non-hydrogen) atoms. The summed E-state index contributed by atoms with van der Waals surface area (Å²) in [4.78, 5) is 0. The molecule has 0 aliphatic rings. The van der Waals surface area contributed by atoms with Crippen LogP contribution < -0.4 is 10.4 Å². The van der Waals surface area contributed by atoms with Crippen LogP contribution in [0.4, 0.5) is 5.69 Å². The Bertz CT molecular complexity index is 208. The van der Waals surface area contributed by atoms with Crippen molar-refractivity contribution < 1.29 is 0 Å². The molecule has 0 atom stereocenters. The van der Waals surface area contributed by atoms with E-state index in [4.69, 9.17) is 0 Å². The lowest BCUT2D eigenvalue weighted by Gasteiger charge is -2.22. The summed E-state index contributed by atoms with van der Waals surface area (Å²) in [5.41, 5.74) is 4.51. The van der Waals surface area contributed by atoms with Gasteiger partial charge in [0, 0.05) is 13.1 Å². The zero-order valence-corrected chi connectivity index (χ0v) is 7.75. The monoisotopic (exact) mass is 164 g/mol. The molecule has 0 aromatic heterocycles. The average molecular weight is 164 g/mol. The zero-order valence-electron chi connectivity index (χ0n) is 7.75. The molecule has 0 aliphatic carbocycles. The maximum Gasteiger partial charge on any atom is 0.0519 e. The largest absolute Gasteiger partial charge is 0.309 e. The highest BCUT2D eigenvalue weighted by Gasteiger charge is 1.98. The second-order valence-electron chi connectivity index (χ2n) is 2.59. The van der Waals surface area contributed by atoms with E-state index >= 15 is 0 Å². The highest BCUT2D eigenvalue weighted by Crippen LogP contribution is 2.09. The summed E-state index contributed by atoms with van der Waals surface area (Å²) < 4.78 is 0. The van der Waals surface area contributed by atoms with E-state index in [1.165, 1.54) is 5.69 Å². The first kappa shape index (κ1) is 9.07. The number of hydrogen-bond donors (Lipinski definition) is 1. The predicted molar refractivity (Wildman–Crippen MR) is 53.1 cm³/mol. The third kappa shape index (κ3) is 2.24. The Balaban J connectivity index is 2.66. The summed E-state index contributed by atoms with van der Waals surface area (Å²) in [6.45, 7) is 6.18. The van der Waals surface area contributed by atoms with Crippen LogP contribution in [0.25, 0.3) is 0 Å². The van der Waals surface area contributed by atoms with Gasteiger partial charge in [0.15, 0.2) is 0 Å². The maximum atomic E-state index is 3.28. The van der Waals surface area contributed by atoms with Crippen molar-refractivity contribution in [2.45, 2.75) is 13.8 Å². The van der Waals surface area contributed by atoms with Crippen LogP contribution >= 0.6 is 0 Å². The van der Waals surface area contributed by atoms with Gasteiger partial charge in [-0.15, -0.1) is 0 Å². The summed E-state index contributed by atoms with van der Waals surface area (Å²) in [5, 5.41) is 2.14. The van der Waals surface area contributed by atoms with Gasteiger partial charge < -0.3 is 5.01 Å². The second-order valence-corrected chi connectivity index (χ2v) is 2.59. The van der Waals surface area contributed by atoms with Crippen molar-refractivity contribution in [2.24, 2.45) is 0 Å². The van der Waals surface area contributed by atoms with Gasteiger partial charge in [-0.1, -0.05) is 25.1 Å². The van der Waals surface area contributed by atoms with Crippen LogP contribution in [0.5, 0.6) is 0 Å². The van der Waals surface area contributed by atoms with Crippen LogP contribution in [0, 0.1) is 0 Å². The van der Waals surface area contributed by atoms with E-state index in [1.807, 2.05) is 6.07 Å². The first-order valence-electron chi connectivity index (χ1n) is 4.44. The fraction of sp³-hybridized carbons (Fsp3) is 0.400. The lowest BCUT2D eigenvalue weighted by atomic mass is 10.3. The van der Waals surface area contributed by atoms with Crippen LogP contribution in [0.15, 0.2) is 30.3 Å². The maximum absolute atomic E-state index is 3.28. The van der Waals surface area contributed by atoms with E-state index in [0.717, 1.165) is 13.1 Å². The van der Waals surface area contributed by atoms with Crippen molar-refractivity contribution >= 4 is 5.69 Å². The number of nitrogens with zero attached hydrogens (tertiary/aromatic N) is 1. The average Bonchev–Trinajstić information content (AvgIpc) is 2.15. The number of rotatable bonds is 4. The van der Waals surface area contributed by atoms with Gasteiger partial charge in [-0.2, -0.15) is 0 Å². The summed E-state index contributed by atoms with van der Waals surface area (Å²) >= 11 is 0. The molecule has 1 rings (SSSR count). The van der Waals surface area contributed by atoms with Gasteiger partial charge in [-0.3, -0.25) is 0 Å². The topological polar surface area (TPSA) is 15.3 Å². The molecule has 0 spiro atoms. The van der Waals surface area contributed by atoms with E-state index in [9.17, 15) is 0 Å². The SMILES string of the molecule is CCNN(CC)c1ccccc1. The quantitative estimate of drug-likeness (QED) is 0.685. The van der Waals surface area contributed by atoms with Gasteiger partial charge >= 0.3 is 0 Å². The molecule has 1 aromatic carbocycles. The minimum absolute atomic E-state index is 0.961. The molecule has 1 N–H and O–H groups in total. The molecule has 0 heterocycles. The third-order valence-corrected chi connectivity index (χ3v) is 1.73. The Morgan fingerprint density at radius 3 is 2.33 bits per heavy atom. The molecule has 0 aliphatic heterocycles. The standard InChI is InChI=1S/C10H16N2/c1-3-11-12(4-2)10-8-6-5-7-9-10/h5-9,11H,3-4H2,1-2H3. The van der Waals surface area contributed by atoms with Crippen molar-refractivity contribution in [3.05, 3.63) is 30.3 Å². The van der Waals surface area contributed by atoms with Crippen LogP contribution in [0.2, 0.25) is 0 Å². The predicted octanol–water partition coefficient (Wildman–Crippen LogP) is 2.04. The van der Waals surface area contributed by atoms with E-state index in [1.54, 1.807) is 0 Å². The van der Waals surface area contributed by atoms with Crippen molar-refractivity contribution in [1.82, 2.24) is 5.43 Å².